The first-order valence-corrected chi connectivity index (χ1v) is 11.8. The van der Waals surface area contributed by atoms with E-state index in [1.54, 1.807) is 36.4 Å². The van der Waals surface area contributed by atoms with Gasteiger partial charge in [-0.15, -0.1) is 11.3 Å². The lowest BCUT2D eigenvalue weighted by atomic mass is 10.2. The maximum atomic E-state index is 12.6. The molecule has 0 aliphatic heterocycles. The molecule has 3 aromatic carbocycles. The zero-order chi connectivity index (χ0) is 23.2. The number of aromatic nitrogens is 1. The molecule has 0 aliphatic rings. The van der Waals surface area contributed by atoms with Crippen LogP contribution < -0.4 is 15.4 Å². The monoisotopic (exact) mass is 477 g/mol. The topological polar surface area (TPSA) is 83.5 Å². The van der Waals surface area contributed by atoms with E-state index in [0.717, 1.165) is 23.1 Å². The standard InChI is InChI=1S/C25H23N3O3S2/c1-2-3-13-31-18-8-6-7-16(14-18)23(30)28-25(32)26-17-11-12-21(29)19(15-17)24-27-20-9-4-5-10-22(20)33-24/h4-12,14-15,29H,2-3,13H2,1H3,(H2,26,28,30,32). The summed E-state index contributed by atoms with van der Waals surface area (Å²) in [6.45, 7) is 2.70. The van der Waals surface area contributed by atoms with Crippen molar-refractivity contribution in [3.05, 3.63) is 72.3 Å². The predicted octanol–water partition coefficient (Wildman–Crippen LogP) is 5.97. The van der Waals surface area contributed by atoms with Crippen molar-refractivity contribution in [1.29, 1.82) is 0 Å². The fourth-order valence-corrected chi connectivity index (χ4v) is 4.37. The molecule has 1 aromatic heterocycles. The van der Waals surface area contributed by atoms with E-state index in [0.29, 0.717) is 34.2 Å². The maximum Gasteiger partial charge on any atom is 0.257 e. The van der Waals surface area contributed by atoms with E-state index in [2.05, 4.69) is 22.5 Å². The van der Waals surface area contributed by atoms with Crippen LogP contribution in [0.2, 0.25) is 0 Å². The number of fused-ring (bicyclic) bond motifs is 1. The molecule has 1 amide bonds. The molecular formula is C25H23N3O3S2. The van der Waals surface area contributed by atoms with Crippen molar-refractivity contribution in [3.8, 4) is 22.1 Å². The van der Waals surface area contributed by atoms with Gasteiger partial charge in [0.05, 0.1) is 22.4 Å². The quantitative estimate of drug-likeness (QED) is 0.173. The number of phenolic OH excluding ortho intramolecular Hbond substituents is 1. The van der Waals surface area contributed by atoms with Crippen molar-refractivity contribution >= 4 is 50.5 Å². The molecule has 0 saturated heterocycles. The van der Waals surface area contributed by atoms with E-state index in [1.165, 1.54) is 11.3 Å². The second-order valence-corrected chi connectivity index (χ2v) is 8.80. The number of ether oxygens (including phenoxy) is 1. The van der Waals surface area contributed by atoms with E-state index in [9.17, 15) is 9.90 Å². The molecule has 0 saturated carbocycles. The smallest absolute Gasteiger partial charge is 0.257 e. The second kappa shape index (κ2) is 10.4. The van der Waals surface area contributed by atoms with Gasteiger partial charge in [0.25, 0.3) is 5.91 Å². The van der Waals surface area contributed by atoms with Crippen molar-refractivity contribution in [2.24, 2.45) is 0 Å². The molecule has 0 bridgehead atoms. The van der Waals surface area contributed by atoms with Crippen LogP contribution in [-0.4, -0.2) is 27.7 Å². The molecule has 1 heterocycles. The van der Waals surface area contributed by atoms with Crippen LogP contribution in [-0.2, 0) is 0 Å². The number of hydrogen-bond donors (Lipinski definition) is 3. The summed E-state index contributed by atoms with van der Waals surface area (Å²) in [6, 6.07) is 19.8. The molecule has 33 heavy (non-hydrogen) atoms. The molecule has 6 nitrogen and oxygen atoms in total. The number of phenols is 1. The SMILES string of the molecule is CCCCOc1cccc(C(=O)NC(=S)Nc2ccc(O)c(-c3nc4ccccc4s3)c2)c1. The van der Waals surface area contributed by atoms with Gasteiger partial charge in [-0.25, -0.2) is 4.98 Å². The van der Waals surface area contributed by atoms with Crippen LogP contribution in [0.15, 0.2) is 66.7 Å². The first kappa shape index (κ1) is 22.7. The molecule has 0 spiro atoms. The normalized spacial score (nSPS) is 10.7. The highest BCUT2D eigenvalue weighted by molar-refractivity contribution is 7.80. The number of nitrogens with one attached hydrogen (secondary N) is 2. The zero-order valence-corrected chi connectivity index (χ0v) is 19.6. The first-order chi connectivity index (χ1) is 16.0. The molecule has 4 rings (SSSR count). The number of carbonyl (C=O) groups is 1. The number of rotatable bonds is 7. The molecule has 3 N–H and O–H groups in total. The largest absolute Gasteiger partial charge is 0.507 e. The molecule has 0 unspecified atom stereocenters. The van der Waals surface area contributed by atoms with Gasteiger partial charge in [-0.05, 0) is 67.2 Å². The van der Waals surface area contributed by atoms with E-state index in [4.69, 9.17) is 17.0 Å². The van der Waals surface area contributed by atoms with Gasteiger partial charge in [0.2, 0.25) is 0 Å². The first-order valence-electron chi connectivity index (χ1n) is 10.6. The van der Waals surface area contributed by atoms with Crippen molar-refractivity contribution in [1.82, 2.24) is 10.3 Å². The van der Waals surface area contributed by atoms with Gasteiger partial charge in [0.15, 0.2) is 5.11 Å². The van der Waals surface area contributed by atoms with Gasteiger partial charge >= 0.3 is 0 Å². The number of thiocarbonyl (C=S) groups is 1. The average Bonchev–Trinajstić information content (AvgIpc) is 3.25. The van der Waals surface area contributed by atoms with Gasteiger partial charge in [-0.2, -0.15) is 0 Å². The van der Waals surface area contributed by atoms with Crippen molar-refractivity contribution in [2.75, 3.05) is 11.9 Å². The summed E-state index contributed by atoms with van der Waals surface area (Å²) < 4.78 is 6.71. The molecular weight excluding hydrogens is 454 g/mol. The Balaban J connectivity index is 1.44. The van der Waals surface area contributed by atoms with Gasteiger partial charge in [0.1, 0.15) is 16.5 Å². The van der Waals surface area contributed by atoms with E-state index in [1.807, 2.05) is 30.3 Å². The Kier molecular flexibility index (Phi) is 7.16. The number of hydrogen-bond acceptors (Lipinski definition) is 6. The number of amides is 1. The highest BCUT2D eigenvalue weighted by Crippen LogP contribution is 2.36. The second-order valence-electron chi connectivity index (χ2n) is 7.36. The van der Waals surface area contributed by atoms with Crippen LogP contribution >= 0.6 is 23.6 Å². The fraction of sp³-hybridized carbons (Fsp3) is 0.160. The lowest BCUT2D eigenvalue weighted by Gasteiger charge is -2.12. The minimum absolute atomic E-state index is 0.120. The van der Waals surface area contributed by atoms with Gasteiger partial charge in [-0.3, -0.25) is 10.1 Å². The number of unbranched alkanes of at least 4 members (excludes halogenated alkanes) is 1. The van der Waals surface area contributed by atoms with Crippen LogP contribution in [0.4, 0.5) is 5.69 Å². The lowest BCUT2D eigenvalue weighted by molar-refractivity contribution is 0.0977. The highest BCUT2D eigenvalue weighted by atomic mass is 32.1. The van der Waals surface area contributed by atoms with Crippen LogP contribution in [0.3, 0.4) is 0 Å². The number of anilines is 1. The predicted molar refractivity (Wildman–Crippen MR) is 137 cm³/mol. The van der Waals surface area contributed by atoms with Crippen molar-refractivity contribution in [3.63, 3.8) is 0 Å². The minimum atomic E-state index is -0.335. The van der Waals surface area contributed by atoms with Gasteiger partial charge < -0.3 is 15.2 Å². The van der Waals surface area contributed by atoms with E-state index < -0.39 is 0 Å². The minimum Gasteiger partial charge on any atom is -0.507 e. The van der Waals surface area contributed by atoms with Crippen LogP contribution in [0.1, 0.15) is 30.1 Å². The third-order valence-corrected chi connectivity index (χ3v) is 6.14. The number of carbonyl (C=O) groups excluding carboxylic acids is 1. The number of nitrogens with zero attached hydrogens (tertiary/aromatic N) is 1. The summed E-state index contributed by atoms with van der Waals surface area (Å²) >= 11 is 6.82. The number of benzene rings is 3. The third kappa shape index (κ3) is 5.66. The molecule has 4 aromatic rings. The van der Waals surface area contributed by atoms with Crippen LogP contribution in [0.25, 0.3) is 20.8 Å². The fourth-order valence-electron chi connectivity index (χ4n) is 3.17. The molecule has 8 heteroatoms. The highest BCUT2D eigenvalue weighted by Gasteiger charge is 2.13. The maximum absolute atomic E-state index is 12.6. The molecule has 168 valence electrons. The summed E-state index contributed by atoms with van der Waals surface area (Å²) in [5, 5.41) is 16.9. The van der Waals surface area contributed by atoms with Crippen LogP contribution in [0.5, 0.6) is 11.5 Å². The third-order valence-electron chi connectivity index (χ3n) is 4.87. The van der Waals surface area contributed by atoms with E-state index >= 15 is 0 Å². The number of para-hydroxylation sites is 1. The van der Waals surface area contributed by atoms with Gasteiger partial charge in [-0.1, -0.05) is 31.5 Å². The Morgan fingerprint density at radius 2 is 1.97 bits per heavy atom. The Bertz CT molecular complexity index is 1270. The molecule has 0 fully saturated rings. The Morgan fingerprint density at radius 3 is 2.79 bits per heavy atom. The molecule has 0 radical (unpaired) electrons. The van der Waals surface area contributed by atoms with Crippen molar-refractivity contribution < 1.29 is 14.6 Å². The summed E-state index contributed by atoms with van der Waals surface area (Å²) in [7, 11) is 0. The van der Waals surface area contributed by atoms with Gasteiger partial charge in [0, 0.05) is 11.3 Å². The summed E-state index contributed by atoms with van der Waals surface area (Å²) in [5.41, 5.74) is 2.55. The Labute approximate surface area is 201 Å². The summed E-state index contributed by atoms with van der Waals surface area (Å²) in [4.78, 5) is 17.2. The van der Waals surface area contributed by atoms with Crippen LogP contribution in [0, 0.1) is 0 Å². The number of aromatic hydroxyl groups is 1. The molecule has 0 aliphatic carbocycles. The Morgan fingerprint density at radius 1 is 1.12 bits per heavy atom. The summed E-state index contributed by atoms with van der Waals surface area (Å²) in [5.74, 6) is 0.432. The van der Waals surface area contributed by atoms with E-state index in [-0.39, 0.29) is 16.8 Å². The summed E-state index contributed by atoms with van der Waals surface area (Å²) in [6.07, 6.45) is 1.99. The Hall–Kier alpha value is -3.49. The lowest BCUT2D eigenvalue weighted by Crippen LogP contribution is -2.34. The zero-order valence-electron chi connectivity index (χ0n) is 18.0. The number of thiazole rings is 1. The van der Waals surface area contributed by atoms with Crippen molar-refractivity contribution in [2.45, 2.75) is 19.8 Å². The molecule has 0 atom stereocenters. The average molecular weight is 478 g/mol.